The van der Waals surface area contributed by atoms with Gasteiger partial charge in [0.05, 0.1) is 17.7 Å². The lowest BCUT2D eigenvalue weighted by Crippen LogP contribution is -2.53. The summed E-state index contributed by atoms with van der Waals surface area (Å²) in [4.78, 5) is 24.8. The van der Waals surface area contributed by atoms with Crippen molar-refractivity contribution >= 4 is 23.7 Å². The van der Waals surface area contributed by atoms with E-state index in [1.54, 1.807) is 19.2 Å². The summed E-state index contributed by atoms with van der Waals surface area (Å²) in [5, 5.41) is 17.8. The van der Waals surface area contributed by atoms with Gasteiger partial charge in [0.2, 0.25) is 5.91 Å². The van der Waals surface area contributed by atoms with E-state index in [0.717, 1.165) is 16.9 Å². The standard InChI is InChI=1S/C23H29N3O4S/c1-15-13-25-23(29)26-22(15)31-20(12-7-16-3-8-18(27)9-4-16)21(28)24-14-17-5-10-19(30-2)11-6-17/h3-6,8-11,15,20,22,27H,7,12-14H2,1-2H3,(H,24,28)(H2,25,26,29)/t15?,20-,22?/m1/s1. The Kier molecular flexibility index (Phi) is 8.06. The number of amides is 3. The lowest BCUT2D eigenvalue weighted by Gasteiger charge is -2.32. The number of methoxy groups -OCH3 is 1. The highest BCUT2D eigenvalue weighted by Crippen LogP contribution is 2.27. The monoisotopic (exact) mass is 443 g/mol. The van der Waals surface area contributed by atoms with Crippen molar-refractivity contribution in [3.8, 4) is 11.5 Å². The largest absolute Gasteiger partial charge is 0.508 e. The first-order valence-corrected chi connectivity index (χ1v) is 11.3. The third-order valence-electron chi connectivity index (χ3n) is 5.24. The Morgan fingerprint density at radius 3 is 2.55 bits per heavy atom. The maximum Gasteiger partial charge on any atom is 0.315 e. The Labute approximate surface area is 187 Å². The van der Waals surface area contributed by atoms with Gasteiger partial charge in [0.1, 0.15) is 11.5 Å². The molecule has 4 N–H and O–H groups in total. The lowest BCUT2D eigenvalue weighted by molar-refractivity contribution is -0.120. The van der Waals surface area contributed by atoms with Crippen LogP contribution in [0.1, 0.15) is 24.5 Å². The molecule has 1 fully saturated rings. The fourth-order valence-electron chi connectivity index (χ4n) is 3.30. The molecular formula is C23H29N3O4S. The molecule has 3 rings (SSSR count). The van der Waals surface area contributed by atoms with Crippen LogP contribution in [-0.4, -0.2) is 41.3 Å². The van der Waals surface area contributed by atoms with Crippen molar-refractivity contribution in [3.63, 3.8) is 0 Å². The summed E-state index contributed by atoms with van der Waals surface area (Å²) < 4.78 is 5.17. The maximum absolute atomic E-state index is 13.1. The van der Waals surface area contributed by atoms with Crippen molar-refractivity contribution in [2.45, 2.75) is 36.9 Å². The van der Waals surface area contributed by atoms with Gasteiger partial charge in [-0.2, -0.15) is 0 Å². The molecular weight excluding hydrogens is 414 g/mol. The van der Waals surface area contributed by atoms with Crippen molar-refractivity contribution in [2.24, 2.45) is 5.92 Å². The predicted octanol–water partition coefficient (Wildman–Crippen LogP) is 3.03. The molecule has 0 bridgehead atoms. The van der Waals surface area contributed by atoms with Crippen LogP contribution in [0, 0.1) is 5.92 Å². The van der Waals surface area contributed by atoms with Gasteiger partial charge in [-0.3, -0.25) is 4.79 Å². The topological polar surface area (TPSA) is 99.7 Å². The predicted molar refractivity (Wildman–Crippen MR) is 122 cm³/mol. The number of phenolic OH excluding ortho intramolecular Hbond substituents is 1. The number of thioether (sulfide) groups is 1. The first-order chi connectivity index (χ1) is 14.9. The molecule has 2 unspecified atom stereocenters. The molecule has 1 saturated heterocycles. The van der Waals surface area contributed by atoms with Crippen molar-refractivity contribution in [1.29, 1.82) is 0 Å². The normalized spacial score (nSPS) is 19.1. The van der Waals surface area contributed by atoms with Gasteiger partial charge in [-0.25, -0.2) is 4.79 Å². The SMILES string of the molecule is COc1ccc(CNC(=O)[C@@H](CCc2ccc(O)cc2)SC2NC(=O)NCC2C)cc1. The van der Waals surface area contributed by atoms with Crippen LogP contribution in [0.25, 0.3) is 0 Å². The van der Waals surface area contributed by atoms with Crippen LogP contribution >= 0.6 is 11.8 Å². The molecule has 1 aliphatic rings. The van der Waals surface area contributed by atoms with E-state index >= 15 is 0 Å². The smallest absolute Gasteiger partial charge is 0.315 e. The number of benzene rings is 2. The Hall–Kier alpha value is -2.87. The van der Waals surface area contributed by atoms with Crippen LogP contribution < -0.4 is 20.7 Å². The zero-order valence-electron chi connectivity index (χ0n) is 17.8. The van der Waals surface area contributed by atoms with Crippen LogP contribution in [0.3, 0.4) is 0 Å². The van der Waals surface area contributed by atoms with Gasteiger partial charge in [0.25, 0.3) is 0 Å². The van der Waals surface area contributed by atoms with E-state index in [1.807, 2.05) is 36.4 Å². The molecule has 31 heavy (non-hydrogen) atoms. The highest BCUT2D eigenvalue weighted by Gasteiger charge is 2.30. The summed E-state index contributed by atoms with van der Waals surface area (Å²) in [6.45, 7) is 3.06. The van der Waals surface area contributed by atoms with Crippen molar-refractivity contribution in [2.75, 3.05) is 13.7 Å². The highest BCUT2D eigenvalue weighted by atomic mass is 32.2. The van der Waals surface area contributed by atoms with Gasteiger partial charge in [0.15, 0.2) is 0 Å². The molecule has 3 atom stereocenters. The number of aryl methyl sites for hydroxylation is 1. The zero-order valence-corrected chi connectivity index (χ0v) is 18.6. The minimum Gasteiger partial charge on any atom is -0.508 e. The molecule has 0 spiro atoms. The number of hydrogen-bond donors (Lipinski definition) is 4. The first kappa shape index (κ1) is 22.8. The molecule has 0 aromatic heterocycles. The van der Waals surface area contributed by atoms with Crippen molar-refractivity contribution < 1.29 is 19.4 Å². The second-order valence-electron chi connectivity index (χ2n) is 7.65. The van der Waals surface area contributed by atoms with Crippen LogP contribution in [0.15, 0.2) is 48.5 Å². The Morgan fingerprint density at radius 2 is 1.87 bits per heavy atom. The minimum atomic E-state index is -0.321. The van der Waals surface area contributed by atoms with E-state index in [0.29, 0.717) is 25.9 Å². The number of ether oxygens (including phenoxy) is 1. The van der Waals surface area contributed by atoms with Crippen molar-refractivity contribution in [1.82, 2.24) is 16.0 Å². The highest BCUT2D eigenvalue weighted by molar-refractivity contribution is 8.01. The van der Waals surface area contributed by atoms with Crippen molar-refractivity contribution in [3.05, 3.63) is 59.7 Å². The molecule has 8 heteroatoms. The second kappa shape index (κ2) is 10.9. The van der Waals surface area contributed by atoms with Gasteiger partial charge in [-0.1, -0.05) is 31.2 Å². The zero-order chi connectivity index (χ0) is 22.2. The van der Waals surface area contributed by atoms with E-state index in [1.165, 1.54) is 11.8 Å². The maximum atomic E-state index is 13.1. The fourth-order valence-corrected chi connectivity index (χ4v) is 4.65. The van der Waals surface area contributed by atoms with E-state index in [9.17, 15) is 14.7 Å². The van der Waals surface area contributed by atoms with Crippen LogP contribution in [0.2, 0.25) is 0 Å². The molecule has 0 aliphatic carbocycles. The summed E-state index contributed by atoms with van der Waals surface area (Å²) in [5.74, 6) is 1.14. The van der Waals surface area contributed by atoms with Crippen LogP contribution in [-0.2, 0) is 17.8 Å². The molecule has 166 valence electrons. The number of phenols is 1. The average molecular weight is 444 g/mol. The quantitative estimate of drug-likeness (QED) is 0.477. The molecule has 2 aromatic carbocycles. The molecule has 1 heterocycles. The fraction of sp³-hybridized carbons (Fsp3) is 0.391. The first-order valence-electron chi connectivity index (χ1n) is 10.3. The second-order valence-corrected chi connectivity index (χ2v) is 9.00. The summed E-state index contributed by atoms with van der Waals surface area (Å²) in [6, 6.07) is 14.4. The number of aromatic hydroxyl groups is 1. The van der Waals surface area contributed by atoms with Crippen LogP contribution in [0.5, 0.6) is 11.5 Å². The van der Waals surface area contributed by atoms with Gasteiger partial charge in [-0.05, 0) is 48.2 Å². The number of rotatable bonds is 9. The van der Waals surface area contributed by atoms with Crippen LogP contribution in [0.4, 0.5) is 4.79 Å². The Morgan fingerprint density at radius 1 is 1.19 bits per heavy atom. The Balaban J connectivity index is 1.64. The average Bonchev–Trinajstić information content (AvgIpc) is 2.78. The summed E-state index contributed by atoms with van der Waals surface area (Å²) >= 11 is 1.50. The third-order valence-corrected chi connectivity index (χ3v) is 6.89. The van der Waals surface area contributed by atoms with Gasteiger partial charge in [0, 0.05) is 19.0 Å². The summed E-state index contributed by atoms with van der Waals surface area (Å²) in [6.07, 6.45) is 1.32. The van der Waals surface area contributed by atoms with Gasteiger partial charge < -0.3 is 25.8 Å². The number of carbonyl (C=O) groups excluding carboxylic acids is 2. The molecule has 3 amide bonds. The summed E-state index contributed by atoms with van der Waals surface area (Å²) in [5.41, 5.74) is 2.04. The third kappa shape index (κ3) is 6.82. The van der Waals surface area contributed by atoms with Gasteiger partial charge in [-0.15, -0.1) is 11.8 Å². The minimum absolute atomic E-state index is 0.0559. The van der Waals surface area contributed by atoms with E-state index in [4.69, 9.17) is 4.74 Å². The Bertz CT molecular complexity index is 873. The van der Waals surface area contributed by atoms with E-state index in [-0.39, 0.29) is 34.2 Å². The number of hydrogen-bond acceptors (Lipinski definition) is 5. The lowest BCUT2D eigenvalue weighted by atomic mass is 10.1. The molecule has 1 aliphatic heterocycles. The molecule has 7 nitrogen and oxygen atoms in total. The molecule has 0 radical (unpaired) electrons. The van der Waals surface area contributed by atoms with Gasteiger partial charge >= 0.3 is 6.03 Å². The number of carbonyl (C=O) groups is 2. The van der Waals surface area contributed by atoms with E-state index < -0.39 is 0 Å². The molecule has 0 saturated carbocycles. The number of nitrogens with one attached hydrogen (secondary N) is 3. The number of urea groups is 1. The van der Waals surface area contributed by atoms with E-state index in [2.05, 4.69) is 22.9 Å². The molecule has 2 aromatic rings. The summed E-state index contributed by atoms with van der Waals surface area (Å²) in [7, 11) is 1.62.